The fourth-order valence-corrected chi connectivity index (χ4v) is 3.77. The minimum atomic E-state index is 0.269. The number of likely N-dealkylation sites (N-methyl/N-ethyl adjacent to an activating group) is 1. The van der Waals surface area contributed by atoms with E-state index in [0.717, 1.165) is 38.5 Å². The number of nitriles is 1. The van der Waals surface area contributed by atoms with Gasteiger partial charge in [-0.2, -0.15) is 5.26 Å². The molecule has 0 atom stereocenters. The Bertz CT molecular complexity index is 536. The first-order chi connectivity index (χ1) is 10.7. The van der Waals surface area contributed by atoms with Gasteiger partial charge in [-0.1, -0.05) is 12.8 Å². The van der Waals surface area contributed by atoms with Crippen LogP contribution in [0.2, 0.25) is 0 Å². The average molecular weight is 299 g/mol. The minimum absolute atomic E-state index is 0.269. The number of nitrogens with one attached hydrogen (secondary N) is 1. The normalized spacial score (nSPS) is 22.4. The van der Waals surface area contributed by atoms with Gasteiger partial charge in [0, 0.05) is 44.5 Å². The molecule has 2 fully saturated rings. The molecule has 22 heavy (non-hydrogen) atoms. The first-order valence-corrected chi connectivity index (χ1v) is 8.25. The molecular weight excluding hydrogens is 274 g/mol. The molecule has 2 aliphatic rings. The van der Waals surface area contributed by atoms with Gasteiger partial charge >= 0.3 is 0 Å². The molecule has 1 saturated heterocycles. The zero-order chi connectivity index (χ0) is 15.4. The maximum absolute atomic E-state index is 9.00. The van der Waals surface area contributed by atoms with Crippen molar-refractivity contribution < 1.29 is 0 Å². The summed E-state index contributed by atoms with van der Waals surface area (Å²) in [5.41, 5.74) is 0.934. The molecule has 118 valence electrons. The van der Waals surface area contributed by atoms with Crippen molar-refractivity contribution in [1.82, 2.24) is 14.8 Å². The molecule has 0 spiro atoms. The molecule has 1 saturated carbocycles. The van der Waals surface area contributed by atoms with Gasteiger partial charge in [0.1, 0.15) is 5.82 Å². The average Bonchev–Trinajstić information content (AvgIpc) is 3.04. The summed E-state index contributed by atoms with van der Waals surface area (Å²) in [6.45, 7) is 5.56. The van der Waals surface area contributed by atoms with E-state index in [9.17, 15) is 0 Å². The number of aromatic nitrogens is 1. The Balaban J connectivity index is 1.68. The lowest BCUT2D eigenvalue weighted by atomic mass is 9.93. The van der Waals surface area contributed by atoms with Crippen LogP contribution in [0.1, 0.15) is 31.2 Å². The van der Waals surface area contributed by atoms with E-state index in [-0.39, 0.29) is 5.54 Å². The van der Waals surface area contributed by atoms with E-state index in [2.05, 4.69) is 33.2 Å². The lowest BCUT2D eigenvalue weighted by Gasteiger charge is -2.45. The van der Waals surface area contributed by atoms with Crippen LogP contribution in [-0.2, 0) is 0 Å². The smallest absolute Gasteiger partial charge is 0.127 e. The monoisotopic (exact) mass is 299 g/mol. The highest BCUT2D eigenvalue weighted by Crippen LogP contribution is 2.36. The lowest BCUT2D eigenvalue weighted by Crippen LogP contribution is -2.58. The van der Waals surface area contributed by atoms with Crippen molar-refractivity contribution in [2.24, 2.45) is 0 Å². The van der Waals surface area contributed by atoms with Crippen molar-refractivity contribution in [3.63, 3.8) is 0 Å². The molecule has 1 aromatic rings. The lowest BCUT2D eigenvalue weighted by molar-refractivity contribution is 0.0510. The Kier molecular flexibility index (Phi) is 4.60. The summed E-state index contributed by atoms with van der Waals surface area (Å²) < 4.78 is 0. The molecule has 0 bridgehead atoms. The maximum Gasteiger partial charge on any atom is 0.127 e. The van der Waals surface area contributed by atoms with E-state index in [1.165, 1.54) is 25.7 Å². The summed E-state index contributed by atoms with van der Waals surface area (Å²) in [5.74, 6) is 0.819. The third-order valence-electron chi connectivity index (χ3n) is 5.20. The summed E-state index contributed by atoms with van der Waals surface area (Å²) >= 11 is 0. The number of rotatable bonds is 4. The van der Waals surface area contributed by atoms with Gasteiger partial charge in [-0.05, 0) is 32.0 Å². The molecule has 0 aromatic carbocycles. The summed E-state index contributed by atoms with van der Waals surface area (Å²) in [5, 5.41) is 12.5. The minimum Gasteiger partial charge on any atom is -0.368 e. The van der Waals surface area contributed by atoms with Crippen LogP contribution in [0, 0.1) is 11.3 Å². The van der Waals surface area contributed by atoms with Crippen LogP contribution in [0.15, 0.2) is 18.3 Å². The van der Waals surface area contributed by atoms with Gasteiger partial charge in [0.25, 0.3) is 0 Å². The van der Waals surface area contributed by atoms with Crippen molar-refractivity contribution in [2.75, 3.05) is 45.1 Å². The molecule has 5 heteroatoms. The standard InChI is InChI=1S/C17H25N5/c1-21-8-10-22(11-9-21)17(5-2-3-6-17)14-20-16-12-15(13-18)4-7-19-16/h4,7,12H,2-3,5-6,8-11,14H2,1H3,(H,19,20). The first kappa shape index (κ1) is 15.3. The fourth-order valence-electron chi connectivity index (χ4n) is 3.77. The predicted molar refractivity (Wildman–Crippen MR) is 87.7 cm³/mol. The molecule has 1 aromatic heterocycles. The van der Waals surface area contributed by atoms with Crippen LogP contribution in [0.3, 0.4) is 0 Å². The van der Waals surface area contributed by atoms with E-state index in [1.807, 2.05) is 6.07 Å². The Hall–Kier alpha value is -1.64. The molecular formula is C17H25N5. The van der Waals surface area contributed by atoms with E-state index >= 15 is 0 Å². The highest BCUT2D eigenvalue weighted by atomic mass is 15.3. The number of pyridine rings is 1. The number of nitrogens with zero attached hydrogens (tertiary/aromatic N) is 4. The maximum atomic E-state index is 9.00. The van der Waals surface area contributed by atoms with Gasteiger partial charge < -0.3 is 10.2 Å². The molecule has 1 aliphatic carbocycles. The highest BCUT2D eigenvalue weighted by Gasteiger charge is 2.40. The summed E-state index contributed by atoms with van der Waals surface area (Å²) in [6.07, 6.45) is 6.88. The molecule has 2 heterocycles. The topological polar surface area (TPSA) is 55.2 Å². The molecule has 0 radical (unpaired) electrons. The number of piperazine rings is 1. The zero-order valence-corrected chi connectivity index (χ0v) is 13.4. The van der Waals surface area contributed by atoms with E-state index in [1.54, 1.807) is 12.3 Å². The van der Waals surface area contributed by atoms with Crippen molar-refractivity contribution >= 4 is 5.82 Å². The van der Waals surface area contributed by atoms with Crippen LogP contribution in [-0.4, -0.2) is 60.1 Å². The Labute approximate surface area is 132 Å². The summed E-state index contributed by atoms with van der Waals surface area (Å²) in [7, 11) is 2.20. The third kappa shape index (κ3) is 3.23. The van der Waals surface area contributed by atoms with E-state index in [4.69, 9.17) is 5.26 Å². The summed E-state index contributed by atoms with van der Waals surface area (Å²) in [6, 6.07) is 5.76. The van der Waals surface area contributed by atoms with Crippen molar-refractivity contribution in [3.8, 4) is 6.07 Å². The van der Waals surface area contributed by atoms with E-state index < -0.39 is 0 Å². The van der Waals surface area contributed by atoms with Gasteiger partial charge in [0.05, 0.1) is 11.6 Å². The zero-order valence-electron chi connectivity index (χ0n) is 13.4. The van der Waals surface area contributed by atoms with Crippen molar-refractivity contribution in [1.29, 1.82) is 5.26 Å². The predicted octanol–water partition coefficient (Wildman–Crippen LogP) is 1.93. The number of anilines is 1. The molecule has 0 amide bonds. The Morgan fingerprint density at radius 1 is 1.27 bits per heavy atom. The van der Waals surface area contributed by atoms with Gasteiger partial charge in [-0.15, -0.1) is 0 Å². The quantitative estimate of drug-likeness (QED) is 0.920. The number of hydrogen-bond acceptors (Lipinski definition) is 5. The summed E-state index contributed by atoms with van der Waals surface area (Å²) in [4.78, 5) is 9.44. The van der Waals surface area contributed by atoms with Crippen molar-refractivity contribution in [2.45, 2.75) is 31.2 Å². The Morgan fingerprint density at radius 3 is 2.68 bits per heavy atom. The first-order valence-electron chi connectivity index (χ1n) is 8.25. The molecule has 0 unspecified atom stereocenters. The molecule has 1 N–H and O–H groups in total. The second-order valence-electron chi connectivity index (χ2n) is 6.62. The van der Waals surface area contributed by atoms with Crippen LogP contribution < -0.4 is 5.32 Å². The van der Waals surface area contributed by atoms with Gasteiger partial charge in [0.15, 0.2) is 0 Å². The van der Waals surface area contributed by atoms with Crippen LogP contribution in [0.4, 0.5) is 5.82 Å². The third-order valence-corrected chi connectivity index (χ3v) is 5.20. The molecule has 3 rings (SSSR count). The Morgan fingerprint density at radius 2 is 2.00 bits per heavy atom. The number of hydrogen-bond donors (Lipinski definition) is 1. The van der Waals surface area contributed by atoms with Crippen molar-refractivity contribution in [3.05, 3.63) is 23.9 Å². The fraction of sp³-hybridized carbons (Fsp3) is 0.647. The molecule has 1 aliphatic heterocycles. The highest BCUT2D eigenvalue weighted by molar-refractivity contribution is 5.42. The van der Waals surface area contributed by atoms with E-state index in [0.29, 0.717) is 5.56 Å². The van der Waals surface area contributed by atoms with Gasteiger partial charge in [-0.3, -0.25) is 4.90 Å². The van der Waals surface area contributed by atoms with Crippen LogP contribution >= 0.6 is 0 Å². The largest absolute Gasteiger partial charge is 0.368 e. The second kappa shape index (κ2) is 6.64. The van der Waals surface area contributed by atoms with Gasteiger partial charge in [0.2, 0.25) is 0 Å². The second-order valence-corrected chi connectivity index (χ2v) is 6.62. The van der Waals surface area contributed by atoms with Gasteiger partial charge in [-0.25, -0.2) is 4.98 Å². The SMILES string of the molecule is CN1CCN(C2(CNc3cc(C#N)ccn3)CCCC2)CC1. The molecule has 5 nitrogen and oxygen atoms in total. The van der Waals surface area contributed by atoms with Crippen LogP contribution in [0.5, 0.6) is 0 Å². The van der Waals surface area contributed by atoms with Crippen LogP contribution in [0.25, 0.3) is 0 Å².